The third-order valence-corrected chi connectivity index (χ3v) is 3.51. The molecule has 4 rings (SSSR count). The molecule has 0 aliphatic carbocycles. The average molecular weight is 303 g/mol. The van der Waals surface area contributed by atoms with E-state index in [0.29, 0.717) is 11.6 Å². The van der Waals surface area contributed by atoms with Crippen molar-refractivity contribution in [3.63, 3.8) is 0 Å². The van der Waals surface area contributed by atoms with E-state index in [-0.39, 0.29) is 0 Å². The van der Waals surface area contributed by atoms with E-state index in [4.69, 9.17) is 0 Å². The van der Waals surface area contributed by atoms with Crippen LogP contribution >= 0.6 is 0 Å². The largest absolute Gasteiger partial charge is 0.337 e. The fourth-order valence-corrected chi connectivity index (χ4v) is 2.40. The Morgan fingerprint density at radius 2 is 2.09 bits per heavy atom. The van der Waals surface area contributed by atoms with Gasteiger partial charge in [-0.2, -0.15) is 10.1 Å². The number of pyridine rings is 1. The Hall–Kier alpha value is -3.35. The van der Waals surface area contributed by atoms with E-state index < -0.39 is 0 Å². The van der Waals surface area contributed by atoms with Crippen molar-refractivity contribution in [2.75, 3.05) is 5.43 Å². The predicted octanol–water partition coefficient (Wildman–Crippen LogP) is 2.66. The minimum atomic E-state index is 0.328. The number of para-hydroxylation sites is 1. The number of anilines is 1. The van der Waals surface area contributed by atoms with Gasteiger partial charge in [0.25, 0.3) is 5.95 Å². The summed E-state index contributed by atoms with van der Waals surface area (Å²) in [7, 11) is 0. The van der Waals surface area contributed by atoms with Crippen LogP contribution in [0.3, 0.4) is 0 Å². The van der Waals surface area contributed by atoms with Gasteiger partial charge >= 0.3 is 0 Å². The van der Waals surface area contributed by atoms with Crippen molar-refractivity contribution in [2.24, 2.45) is 5.10 Å². The molecule has 7 heteroatoms. The van der Waals surface area contributed by atoms with Gasteiger partial charge in [0.05, 0.1) is 17.4 Å². The van der Waals surface area contributed by atoms with Crippen LogP contribution in [-0.2, 0) is 0 Å². The highest BCUT2D eigenvalue weighted by molar-refractivity contribution is 6.04. The minimum absolute atomic E-state index is 0.328. The second-order valence-corrected chi connectivity index (χ2v) is 5.08. The number of aryl methyl sites for hydroxylation is 1. The maximum absolute atomic E-state index is 4.41. The first-order chi connectivity index (χ1) is 11.3. The highest BCUT2D eigenvalue weighted by atomic mass is 15.4. The van der Waals surface area contributed by atoms with Crippen molar-refractivity contribution >= 4 is 34.2 Å². The molecule has 0 amide bonds. The lowest BCUT2D eigenvalue weighted by molar-refractivity contribution is 1.01. The van der Waals surface area contributed by atoms with Gasteiger partial charge < -0.3 is 4.98 Å². The van der Waals surface area contributed by atoms with Crippen LogP contribution in [0.4, 0.5) is 5.95 Å². The van der Waals surface area contributed by atoms with Crippen molar-refractivity contribution < 1.29 is 0 Å². The number of benzene rings is 1. The molecule has 3 heterocycles. The molecule has 2 N–H and O–H groups in total. The predicted molar refractivity (Wildman–Crippen MR) is 89.4 cm³/mol. The summed E-state index contributed by atoms with van der Waals surface area (Å²) in [5, 5.41) is 13.4. The first kappa shape index (κ1) is 13.3. The molecule has 3 aromatic heterocycles. The molecule has 0 bridgehead atoms. The van der Waals surface area contributed by atoms with E-state index in [2.05, 4.69) is 35.7 Å². The molecular formula is C16H13N7. The van der Waals surface area contributed by atoms with Crippen molar-refractivity contribution in [3.8, 4) is 0 Å². The fourth-order valence-electron chi connectivity index (χ4n) is 2.40. The molecule has 0 saturated carbocycles. The van der Waals surface area contributed by atoms with E-state index in [9.17, 15) is 0 Å². The molecule has 0 radical (unpaired) electrons. The molecule has 7 nitrogen and oxygen atoms in total. The van der Waals surface area contributed by atoms with E-state index >= 15 is 0 Å². The van der Waals surface area contributed by atoms with Gasteiger partial charge in [0, 0.05) is 11.6 Å². The van der Waals surface area contributed by atoms with E-state index in [0.717, 1.165) is 27.7 Å². The lowest BCUT2D eigenvalue weighted by atomic mass is 10.1. The number of hydrogen-bond donors (Lipinski definition) is 2. The molecule has 0 saturated heterocycles. The normalized spacial score (nSPS) is 11.5. The van der Waals surface area contributed by atoms with Crippen LogP contribution in [0.2, 0.25) is 0 Å². The van der Waals surface area contributed by atoms with Gasteiger partial charge in [0.2, 0.25) is 0 Å². The van der Waals surface area contributed by atoms with Crippen LogP contribution in [0.1, 0.15) is 11.3 Å². The maximum Gasteiger partial charge on any atom is 0.265 e. The molecule has 0 aliphatic rings. The zero-order valence-corrected chi connectivity index (χ0v) is 12.4. The fraction of sp³-hybridized carbons (Fsp3) is 0.0625. The lowest BCUT2D eigenvalue weighted by Crippen LogP contribution is -1.99. The van der Waals surface area contributed by atoms with Crippen LogP contribution in [0, 0.1) is 6.92 Å². The number of aromatic amines is 1. The summed E-state index contributed by atoms with van der Waals surface area (Å²) in [4.78, 5) is 11.8. The summed E-state index contributed by atoms with van der Waals surface area (Å²) >= 11 is 0. The Labute approximate surface area is 131 Å². The lowest BCUT2D eigenvalue weighted by Gasteiger charge is -1.96. The number of hydrazone groups is 1. The van der Waals surface area contributed by atoms with Gasteiger partial charge in [-0.25, -0.2) is 5.43 Å². The van der Waals surface area contributed by atoms with Gasteiger partial charge in [0.1, 0.15) is 5.52 Å². The highest BCUT2D eigenvalue weighted by Gasteiger charge is 2.09. The van der Waals surface area contributed by atoms with Crippen LogP contribution in [0.25, 0.3) is 22.1 Å². The Kier molecular flexibility index (Phi) is 3.16. The molecule has 112 valence electrons. The molecule has 0 unspecified atom stereocenters. The summed E-state index contributed by atoms with van der Waals surface area (Å²) < 4.78 is 0. The Balaban J connectivity index is 1.65. The molecule has 0 spiro atoms. The summed E-state index contributed by atoms with van der Waals surface area (Å²) in [6.07, 6.45) is 3.31. The SMILES string of the molecule is Cc1cccc2c1[nH]c1nc(N/N=C/c3ccccn3)nnc12. The molecule has 1 aromatic carbocycles. The number of hydrogen-bond acceptors (Lipinski definition) is 6. The topological polar surface area (TPSA) is 91.7 Å². The van der Waals surface area contributed by atoms with Crippen LogP contribution in [0.5, 0.6) is 0 Å². The van der Waals surface area contributed by atoms with Gasteiger partial charge in [-0.05, 0) is 24.6 Å². The number of aromatic nitrogens is 5. The van der Waals surface area contributed by atoms with E-state index in [1.165, 1.54) is 0 Å². The van der Waals surface area contributed by atoms with Gasteiger partial charge in [0.15, 0.2) is 5.65 Å². The number of rotatable bonds is 3. The van der Waals surface area contributed by atoms with Crippen LogP contribution in [0.15, 0.2) is 47.7 Å². The van der Waals surface area contributed by atoms with Crippen molar-refractivity contribution in [1.82, 2.24) is 25.1 Å². The molecule has 0 fully saturated rings. The molecule has 23 heavy (non-hydrogen) atoms. The second kappa shape index (κ2) is 5.45. The van der Waals surface area contributed by atoms with Gasteiger partial charge in [-0.3, -0.25) is 4.98 Å². The van der Waals surface area contributed by atoms with Crippen LogP contribution < -0.4 is 5.43 Å². The number of nitrogens with one attached hydrogen (secondary N) is 2. The number of nitrogens with zero attached hydrogens (tertiary/aromatic N) is 5. The number of H-pyrrole nitrogens is 1. The van der Waals surface area contributed by atoms with Crippen LogP contribution in [-0.4, -0.2) is 31.4 Å². The number of fused-ring (bicyclic) bond motifs is 3. The zero-order valence-electron chi connectivity index (χ0n) is 12.4. The summed E-state index contributed by atoms with van der Waals surface area (Å²) in [6.45, 7) is 2.04. The molecular weight excluding hydrogens is 290 g/mol. The van der Waals surface area contributed by atoms with Crippen molar-refractivity contribution in [3.05, 3.63) is 53.9 Å². The molecule has 0 aliphatic heterocycles. The standard InChI is InChI=1S/C16H13N7/c1-10-5-4-7-12-13(10)19-15-14(12)21-23-16(20-15)22-18-9-11-6-2-3-8-17-11/h2-9H,1H3,(H2,19,20,22,23)/b18-9+. The Morgan fingerprint density at radius 3 is 2.96 bits per heavy atom. The third-order valence-electron chi connectivity index (χ3n) is 3.51. The highest BCUT2D eigenvalue weighted by Crippen LogP contribution is 2.24. The van der Waals surface area contributed by atoms with E-state index in [1.54, 1.807) is 12.4 Å². The monoisotopic (exact) mass is 303 g/mol. The Morgan fingerprint density at radius 1 is 1.13 bits per heavy atom. The van der Waals surface area contributed by atoms with Gasteiger partial charge in [-0.1, -0.05) is 24.3 Å². The zero-order chi connectivity index (χ0) is 15.6. The summed E-state index contributed by atoms with van der Waals surface area (Å²) in [6, 6.07) is 11.6. The van der Waals surface area contributed by atoms with Gasteiger partial charge in [-0.15, -0.1) is 10.2 Å². The summed E-state index contributed by atoms with van der Waals surface area (Å²) in [5.74, 6) is 0.328. The summed E-state index contributed by atoms with van der Waals surface area (Å²) in [5.41, 5.74) is 7.12. The molecule has 4 aromatic rings. The first-order valence-electron chi connectivity index (χ1n) is 7.13. The first-order valence-corrected chi connectivity index (χ1v) is 7.13. The Bertz CT molecular complexity index is 1000. The quantitative estimate of drug-likeness (QED) is 0.448. The van der Waals surface area contributed by atoms with Crippen molar-refractivity contribution in [1.29, 1.82) is 0 Å². The second-order valence-electron chi connectivity index (χ2n) is 5.08. The maximum atomic E-state index is 4.41. The van der Waals surface area contributed by atoms with E-state index in [1.807, 2.05) is 43.3 Å². The van der Waals surface area contributed by atoms with Crippen molar-refractivity contribution in [2.45, 2.75) is 6.92 Å². The third kappa shape index (κ3) is 2.48. The molecule has 0 atom stereocenters. The average Bonchev–Trinajstić information content (AvgIpc) is 2.95. The minimum Gasteiger partial charge on any atom is -0.337 e. The smallest absolute Gasteiger partial charge is 0.265 e.